The maximum Gasteiger partial charge on any atom is 0.410 e. The topological polar surface area (TPSA) is 61.8 Å². The summed E-state index contributed by atoms with van der Waals surface area (Å²) in [5.74, 6) is 0. The first-order chi connectivity index (χ1) is 13.5. The van der Waals surface area contributed by atoms with E-state index in [0.717, 1.165) is 12.8 Å². The Morgan fingerprint density at radius 3 is 2.48 bits per heavy atom. The highest BCUT2D eigenvalue weighted by Crippen LogP contribution is 2.24. The third-order valence-electron chi connectivity index (χ3n) is 5.39. The van der Waals surface area contributed by atoms with Crippen molar-refractivity contribution < 1.29 is 14.6 Å². The standard InChI is InChI=1S/C24H34N2O3/c1-23(2,3)29-22(28)26-13-12-20(26)21(27)16-25-24(4,5)15-17-10-11-18-8-6-7-9-19(18)14-17/h6-11,14,20-21,25,27H,12-13,15-16H2,1-5H3. The summed E-state index contributed by atoms with van der Waals surface area (Å²) in [5, 5.41) is 16.6. The van der Waals surface area contributed by atoms with E-state index in [1.54, 1.807) is 4.90 Å². The molecule has 5 nitrogen and oxygen atoms in total. The molecule has 158 valence electrons. The van der Waals surface area contributed by atoms with Crippen molar-refractivity contribution in [3.8, 4) is 0 Å². The molecular formula is C24H34N2O3. The Labute approximate surface area is 174 Å². The average molecular weight is 399 g/mol. The highest BCUT2D eigenvalue weighted by atomic mass is 16.6. The Morgan fingerprint density at radius 1 is 1.17 bits per heavy atom. The minimum atomic E-state index is -0.618. The molecule has 2 aromatic rings. The van der Waals surface area contributed by atoms with Crippen molar-refractivity contribution in [3.05, 3.63) is 48.0 Å². The van der Waals surface area contributed by atoms with Gasteiger partial charge in [0.15, 0.2) is 0 Å². The number of aliphatic hydroxyl groups is 1. The molecule has 0 spiro atoms. The average Bonchev–Trinajstić information content (AvgIpc) is 2.57. The van der Waals surface area contributed by atoms with Gasteiger partial charge in [-0.1, -0.05) is 42.5 Å². The molecule has 1 heterocycles. The van der Waals surface area contributed by atoms with Crippen molar-refractivity contribution in [1.29, 1.82) is 0 Å². The number of benzene rings is 2. The zero-order valence-electron chi connectivity index (χ0n) is 18.2. The third-order valence-corrected chi connectivity index (χ3v) is 5.39. The van der Waals surface area contributed by atoms with Gasteiger partial charge < -0.3 is 20.1 Å². The van der Waals surface area contributed by atoms with Gasteiger partial charge in [0, 0.05) is 18.6 Å². The van der Waals surface area contributed by atoms with Crippen LogP contribution in [0.5, 0.6) is 0 Å². The molecule has 2 N–H and O–H groups in total. The molecule has 1 amide bonds. The molecule has 1 fully saturated rings. The summed E-state index contributed by atoms with van der Waals surface area (Å²) in [7, 11) is 0. The number of rotatable bonds is 6. The van der Waals surface area contributed by atoms with E-state index in [1.165, 1.54) is 16.3 Å². The number of hydrogen-bond donors (Lipinski definition) is 2. The van der Waals surface area contributed by atoms with E-state index in [9.17, 15) is 9.90 Å². The molecule has 0 bridgehead atoms. The van der Waals surface area contributed by atoms with E-state index >= 15 is 0 Å². The molecule has 0 aliphatic carbocycles. The van der Waals surface area contributed by atoms with Crippen LogP contribution in [0.4, 0.5) is 4.79 Å². The molecule has 0 radical (unpaired) electrons. The number of aliphatic hydroxyl groups excluding tert-OH is 1. The van der Waals surface area contributed by atoms with Crippen molar-refractivity contribution in [3.63, 3.8) is 0 Å². The second-order valence-corrected chi connectivity index (χ2v) is 9.72. The Morgan fingerprint density at radius 2 is 1.86 bits per heavy atom. The summed E-state index contributed by atoms with van der Waals surface area (Å²) < 4.78 is 5.44. The van der Waals surface area contributed by atoms with E-state index in [2.05, 4.69) is 61.6 Å². The maximum absolute atomic E-state index is 12.3. The largest absolute Gasteiger partial charge is 0.444 e. The molecule has 2 aromatic carbocycles. The Kier molecular flexibility index (Phi) is 6.20. The van der Waals surface area contributed by atoms with Crippen molar-refractivity contribution in [1.82, 2.24) is 10.2 Å². The lowest BCUT2D eigenvalue weighted by Gasteiger charge is -2.44. The van der Waals surface area contributed by atoms with Gasteiger partial charge in [0.2, 0.25) is 0 Å². The number of amides is 1. The van der Waals surface area contributed by atoms with Crippen LogP contribution in [-0.2, 0) is 11.2 Å². The van der Waals surface area contributed by atoms with Crippen molar-refractivity contribution in [2.45, 2.75) is 70.7 Å². The van der Waals surface area contributed by atoms with E-state index in [4.69, 9.17) is 4.74 Å². The van der Waals surface area contributed by atoms with Gasteiger partial charge in [0.25, 0.3) is 0 Å². The molecule has 29 heavy (non-hydrogen) atoms. The smallest absolute Gasteiger partial charge is 0.410 e. The summed E-state index contributed by atoms with van der Waals surface area (Å²) in [6.45, 7) is 10.9. The number of likely N-dealkylation sites (tertiary alicyclic amines) is 1. The molecule has 0 aromatic heterocycles. The monoisotopic (exact) mass is 398 g/mol. The van der Waals surface area contributed by atoms with Crippen molar-refractivity contribution in [2.75, 3.05) is 13.1 Å². The lowest BCUT2D eigenvalue weighted by molar-refractivity contribution is -0.0405. The van der Waals surface area contributed by atoms with Crippen LogP contribution in [0.15, 0.2) is 42.5 Å². The molecule has 3 rings (SSSR count). The van der Waals surface area contributed by atoms with Gasteiger partial charge in [-0.15, -0.1) is 0 Å². The normalized spacial score (nSPS) is 18.4. The number of carbonyl (C=O) groups is 1. The van der Waals surface area contributed by atoms with Gasteiger partial charge in [-0.25, -0.2) is 4.79 Å². The van der Waals surface area contributed by atoms with E-state index in [0.29, 0.717) is 13.1 Å². The van der Waals surface area contributed by atoms with Crippen LogP contribution in [0.3, 0.4) is 0 Å². The van der Waals surface area contributed by atoms with Gasteiger partial charge in [0.1, 0.15) is 5.60 Å². The van der Waals surface area contributed by atoms with E-state index < -0.39 is 11.7 Å². The molecule has 2 atom stereocenters. The minimum Gasteiger partial charge on any atom is -0.444 e. The van der Waals surface area contributed by atoms with Gasteiger partial charge >= 0.3 is 6.09 Å². The van der Waals surface area contributed by atoms with Crippen LogP contribution in [0.1, 0.15) is 46.6 Å². The number of hydrogen-bond acceptors (Lipinski definition) is 4. The number of ether oxygens (including phenoxy) is 1. The predicted octanol–water partition coefficient (Wildman–Crippen LogP) is 4.12. The SMILES string of the molecule is CC(C)(Cc1ccc2ccccc2c1)NCC(O)C1CCN1C(=O)OC(C)(C)C. The fraction of sp³-hybridized carbons (Fsp3) is 0.542. The first kappa shape index (κ1) is 21.6. The summed E-state index contributed by atoms with van der Waals surface area (Å²) in [4.78, 5) is 13.9. The minimum absolute atomic E-state index is 0.177. The molecule has 1 aliphatic heterocycles. The zero-order chi connectivity index (χ0) is 21.2. The number of nitrogens with zero attached hydrogens (tertiary/aromatic N) is 1. The van der Waals surface area contributed by atoms with Gasteiger partial charge in [-0.05, 0) is 63.8 Å². The van der Waals surface area contributed by atoms with Crippen molar-refractivity contribution >= 4 is 16.9 Å². The first-order valence-electron chi connectivity index (χ1n) is 10.4. The van der Waals surface area contributed by atoms with Crippen LogP contribution in [0, 0.1) is 0 Å². The Balaban J connectivity index is 1.54. The van der Waals surface area contributed by atoms with Crippen LogP contribution in [-0.4, -0.2) is 52.5 Å². The number of carbonyl (C=O) groups excluding carboxylic acids is 1. The molecule has 1 saturated heterocycles. The molecule has 5 heteroatoms. The highest BCUT2D eigenvalue weighted by Gasteiger charge is 2.39. The second kappa shape index (κ2) is 8.33. The molecular weight excluding hydrogens is 364 g/mol. The molecule has 1 aliphatic rings. The fourth-order valence-corrected chi connectivity index (χ4v) is 3.79. The van der Waals surface area contributed by atoms with Crippen molar-refractivity contribution in [2.24, 2.45) is 0 Å². The van der Waals surface area contributed by atoms with Gasteiger partial charge in [-0.2, -0.15) is 0 Å². The number of fused-ring (bicyclic) bond motifs is 1. The number of β-amino-alcohol motifs (C(OH)–C–C–N with tert-alkyl or cyclic N) is 1. The second-order valence-electron chi connectivity index (χ2n) is 9.72. The highest BCUT2D eigenvalue weighted by molar-refractivity contribution is 5.83. The summed E-state index contributed by atoms with van der Waals surface area (Å²) in [5.41, 5.74) is 0.557. The number of nitrogens with one attached hydrogen (secondary N) is 1. The van der Waals surface area contributed by atoms with E-state index in [-0.39, 0.29) is 17.7 Å². The van der Waals surface area contributed by atoms with E-state index in [1.807, 2.05) is 20.8 Å². The summed E-state index contributed by atoms with van der Waals surface area (Å²) >= 11 is 0. The third kappa shape index (κ3) is 5.71. The Hall–Kier alpha value is -2.11. The van der Waals surface area contributed by atoms with Crippen LogP contribution >= 0.6 is 0 Å². The molecule has 0 saturated carbocycles. The maximum atomic E-state index is 12.3. The quantitative estimate of drug-likeness (QED) is 0.768. The van der Waals surface area contributed by atoms with Crippen LogP contribution in [0.25, 0.3) is 10.8 Å². The summed E-state index contributed by atoms with van der Waals surface area (Å²) in [6.07, 6.45) is 0.688. The lowest BCUT2D eigenvalue weighted by Crippen LogP contribution is -2.60. The summed E-state index contributed by atoms with van der Waals surface area (Å²) in [6, 6.07) is 14.7. The van der Waals surface area contributed by atoms with Gasteiger partial charge in [0.05, 0.1) is 12.1 Å². The zero-order valence-corrected chi connectivity index (χ0v) is 18.2. The lowest BCUT2D eigenvalue weighted by atomic mass is 9.92. The predicted molar refractivity (Wildman–Crippen MR) is 117 cm³/mol. The van der Waals surface area contributed by atoms with Crippen LogP contribution in [0.2, 0.25) is 0 Å². The Bertz CT molecular complexity index is 857. The molecule has 2 unspecified atom stereocenters. The van der Waals surface area contributed by atoms with Gasteiger partial charge in [-0.3, -0.25) is 0 Å². The van der Waals surface area contributed by atoms with Crippen LogP contribution < -0.4 is 5.32 Å². The fourth-order valence-electron chi connectivity index (χ4n) is 3.79. The first-order valence-corrected chi connectivity index (χ1v) is 10.4.